The van der Waals surface area contributed by atoms with Crippen LogP contribution in [-0.4, -0.2) is 43.0 Å². The summed E-state index contributed by atoms with van der Waals surface area (Å²) in [6.45, 7) is 5.12. The van der Waals surface area contributed by atoms with E-state index in [1.165, 1.54) is 0 Å². The van der Waals surface area contributed by atoms with Crippen molar-refractivity contribution in [2.45, 2.75) is 45.7 Å². The van der Waals surface area contributed by atoms with Crippen molar-refractivity contribution < 1.29 is 19.1 Å². The molecule has 1 atom stereocenters. The van der Waals surface area contributed by atoms with Crippen LogP contribution < -0.4 is 14.8 Å². The highest BCUT2D eigenvalue weighted by Gasteiger charge is 2.28. The Balaban J connectivity index is 2.06. The standard InChI is InChI=1S/C24H32N2O4/c1-4-22(24(28)25-5-2)26(18-19-11-9-14-21(17-19)29-3)23(27)15-10-16-30-20-12-7-6-8-13-20/h6-9,11-14,17,22H,4-5,10,15-16,18H2,1-3H3,(H,25,28). The fourth-order valence-corrected chi connectivity index (χ4v) is 3.25. The minimum absolute atomic E-state index is 0.0624. The van der Waals surface area contributed by atoms with Crippen LogP contribution in [0.3, 0.4) is 0 Å². The van der Waals surface area contributed by atoms with E-state index in [0.717, 1.165) is 17.1 Å². The number of para-hydroxylation sites is 1. The number of methoxy groups -OCH3 is 1. The van der Waals surface area contributed by atoms with Crippen LogP contribution in [0.1, 0.15) is 38.7 Å². The lowest BCUT2D eigenvalue weighted by atomic mass is 10.1. The second kappa shape index (κ2) is 12.5. The first-order valence-corrected chi connectivity index (χ1v) is 10.5. The lowest BCUT2D eigenvalue weighted by Gasteiger charge is -2.30. The molecule has 0 aliphatic carbocycles. The molecule has 162 valence electrons. The van der Waals surface area contributed by atoms with Gasteiger partial charge in [-0.1, -0.05) is 37.3 Å². The maximum Gasteiger partial charge on any atom is 0.242 e. The lowest BCUT2D eigenvalue weighted by Crippen LogP contribution is -2.49. The number of rotatable bonds is 12. The zero-order chi connectivity index (χ0) is 21.8. The number of carbonyl (C=O) groups excluding carboxylic acids is 2. The maximum atomic E-state index is 13.1. The van der Waals surface area contributed by atoms with E-state index in [1.54, 1.807) is 12.0 Å². The summed E-state index contributed by atoms with van der Waals surface area (Å²) in [6, 6.07) is 16.6. The van der Waals surface area contributed by atoms with Gasteiger partial charge in [0, 0.05) is 19.5 Å². The first-order chi connectivity index (χ1) is 14.6. The molecule has 1 N–H and O–H groups in total. The fourth-order valence-electron chi connectivity index (χ4n) is 3.25. The smallest absolute Gasteiger partial charge is 0.242 e. The van der Waals surface area contributed by atoms with Gasteiger partial charge in [-0.3, -0.25) is 9.59 Å². The number of carbonyl (C=O) groups is 2. The van der Waals surface area contributed by atoms with Crippen LogP contribution in [0.4, 0.5) is 0 Å². The number of ether oxygens (including phenoxy) is 2. The van der Waals surface area contributed by atoms with Crippen molar-refractivity contribution >= 4 is 11.8 Å². The second-order valence-corrected chi connectivity index (χ2v) is 6.96. The Morgan fingerprint density at radius 2 is 1.77 bits per heavy atom. The number of likely N-dealkylation sites (N-methyl/N-ethyl adjacent to an activating group) is 1. The number of hydrogen-bond donors (Lipinski definition) is 1. The van der Waals surface area contributed by atoms with Gasteiger partial charge in [0.25, 0.3) is 0 Å². The SMILES string of the molecule is CCNC(=O)C(CC)N(Cc1cccc(OC)c1)C(=O)CCCOc1ccccc1. The maximum absolute atomic E-state index is 13.1. The Bertz CT molecular complexity index is 795. The van der Waals surface area contributed by atoms with Crippen molar-refractivity contribution in [2.75, 3.05) is 20.3 Å². The Kier molecular flexibility index (Phi) is 9.71. The van der Waals surface area contributed by atoms with Gasteiger partial charge in [-0.15, -0.1) is 0 Å². The van der Waals surface area contributed by atoms with Gasteiger partial charge in [-0.2, -0.15) is 0 Å². The topological polar surface area (TPSA) is 67.9 Å². The van der Waals surface area contributed by atoms with Crippen molar-refractivity contribution in [3.8, 4) is 11.5 Å². The molecule has 0 spiro atoms. The molecule has 0 fully saturated rings. The molecule has 0 aliphatic heterocycles. The van der Waals surface area contributed by atoms with Crippen LogP contribution in [-0.2, 0) is 16.1 Å². The van der Waals surface area contributed by atoms with Crippen LogP contribution in [0.15, 0.2) is 54.6 Å². The Hall–Kier alpha value is -3.02. The average molecular weight is 413 g/mol. The summed E-state index contributed by atoms with van der Waals surface area (Å²) in [5.41, 5.74) is 0.922. The minimum Gasteiger partial charge on any atom is -0.497 e. The second-order valence-electron chi connectivity index (χ2n) is 6.96. The molecule has 1 unspecified atom stereocenters. The predicted molar refractivity (Wildman–Crippen MR) is 117 cm³/mol. The summed E-state index contributed by atoms with van der Waals surface area (Å²) in [5.74, 6) is 1.32. The molecule has 0 bridgehead atoms. The van der Waals surface area contributed by atoms with E-state index in [4.69, 9.17) is 9.47 Å². The highest BCUT2D eigenvalue weighted by Crippen LogP contribution is 2.18. The Labute approximate surface area is 179 Å². The van der Waals surface area contributed by atoms with Crippen LogP contribution in [0.25, 0.3) is 0 Å². The zero-order valence-electron chi connectivity index (χ0n) is 18.1. The predicted octanol–water partition coefficient (Wildman–Crippen LogP) is 3.80. The molecule has 6 heteroatoms. The van der Waals surface area contributed by atoms with E-state index in [-0.39, 0.29) is 11.8 Å². The molecular weight excluding hydrogens is 380 g/mol. The molecule has 2 aromatic rings. The van der Waals surface area contributed by atoms with Crippen molar-refractivity contribution in [1.82, 2.24) is 10.2 Å². The molecule has 2 rings (SSSR count). The molecule has 6 nitrogen and oxygen atoms in total. The van der Waals surface area contributed by atoms with E-state index >= 15 is 0 Å². The summed E-state index contributed by atoms with van der Waals surface area (Å²) < 4.78 is 11.0. The summed E-state index contributed by atoms with van der Waals surface area (Å²) in [4.78, 5) is 27.3. The largest absolute Gasteiger partial charge is 0.497 e. The van der Waals surface area contributed by atoms with Crippen molar-refractivity contribution in [1.29, 1.82) is 0 Å². The third kappa shape index (κ3) is 7.10. The molecule has 0 heterocycles. The first kappa shape index (κ1) is 23.3. The zero-order valence-corrected chi connectivity index (χ0v) is 18.1. The van der Waals surface area contributed by atoms with E-state index in [0.29, 0.717) is 39.0 Å². The number of nitrogens with one attached hydrogen (secondary N) is 1. The summed E-state index contributed by atoms with van der Waals surface area (Å²) in [6.07, 6.45) is 1.43. The number of amides is 2. The van der Waals surface area contributed by atoms with Crippen LogP contribution in [0.2, 0.25) is 0 Å². The number of nitrogens with zero attached hydrogens (tertiary/aromatic N) is 1. The Morgan fingerprint density at radius 3 is 2.43 bits per heavy atom. The van der Waals surface area contributed by atoms with Crippen LogP contribution in [0, 0.1) is 0 Å². The Morgan fingerprint density at radius 1 is 1.03 bits per heavy atom. The molecule has 0 aromatic heterocycles. The van der Waals surface area contributed by atoms with Gasteiger partial charge in [0.15, 0.2) is 0 Å². The fraction of sp³-hybridized carbons (Fsp3) is 0.417. The molecule has 2 aromatic carbocycles. The highest BCUT2D eigenvalue weighted by atomic mass is 16.5. The molecule has 2 amide bonds. The van der Waals surface area contributed by atoms with Gasteiger partial charge in [0.2, 0.25) is 11.8 Å². The van der Waals surface area contributed by atoms with Crippen LogP contribution >= 0.6 is 0 Å². The highest BCUT2D eigenvalue weighted by molar-refractivity contribution is 5.87. The minimum atomic E-state index is -0.515. The summed E-state index contributed by atoms with van der Waals surface area (Å²) in [5, 5.41) is 2.85. The molecule has 30 heavy (non-hydrogen) atoms. The normalized spacial score (nSPS) is 11.4. The number of hydrogen-bond acceptors (Lipinski definition) is 4. The van der Waals surface area contributed by atoms with E-state index in [1.807, 2.05) is 68.4 Å². The van der Waals surface area contributed by atoms with Crippen LogP contribution in [0.5, 0.6) is 11.5 Å². The van der Waals surface area contributed by atoms with Gasteiger partial charge in [-0.25, -0.2) is 0 Å². The quantitative estimate of drug-likeness (QED) is 0.539. The van der Waals surface area contributed by atoms with Crippen molar-refractivity contribution in [3.63, 3.8) is 0 Å². The monoisotopic (exact) mass is 412 g/mol. The number of benzene rings is 2. The van der Waals surface area contributed by atoms with Crippen molar-refractivity contribution in [2.24, 2.45) is 0 Å². The molecule has 0 radical (unpaired) electrons. The van der Waals surface area contributed by atoms with E-state index in [9.17, 15) is 9.59 Å². The van der Waals surface area contributed by atoms with Crippen molar-refractivity contribution in [3.05, 3.63) is 60.2 Å². The summed E-state index contributed by atoms with van der Waals surface area (Å²) >= 11 is 0. The van der Waals surface area contributed by atoms with Gasteiger partial charge in [-0.05, 0) is 49.6 Å². The third-order valence-corrected chi connectivity index (χ3v) is 4.77. The van der Waals surface area contributed by atoms with E-state index < -0.39 is 6.04 Å². The molecule has 0 saturated carbocycles. The van der Waals surface area contributed by atoms with Gasteiger partial charge in [0.05, 0.1) is 13.7 Å². The van der Waals surface area contributed by atoms with Gasteiger partial charge in [0.1, 0.15) is 17.5 Å². The molecule has 0 saturated heterocycles. The van der Waals surface area contributed by atoms with E-state index in [2.05, 4.69) is 5.32 Å². The first-order valence-electron chi connectivity index (χ1n) is 10.5. The third-order valence-electron chi connectivity index (χ3n) is 4.77. The lowest BCUT2D eigenvalue weighted by molar-refractivity contribution is -0.141. The molecule has 0 aliphatic rings. The average Bonchev–Trinajstić information content (AvgIpc) is 2.77. The molecular formula is C24H32N2O4. The van der Waals surface area contributed by atoms with Gasteiger partial charge < -0.3 is 19.7 Å². The van der Waals surface area contributed by atoms with Gasteiger partial charge >= 0.3 is 0 Å². The summed E-state index contributed by atoms with van der Waals surface area (Å²) in [7, 11) is 1.61.